The topological polar surface area (TPSA) is 78.5 Å². The van der Waals surface area contributed by atoms with Crippen molar-refractivity contribution in [1.29, 1.82) is 0 Å². The third-order valence-electron chi connectivity index (χ3n) is 4.60. The van der Waals surface area contributed by atoms with E-state index >= 15 is 0 Å². The summed E-state index contributed by atoms with van der Waals surface area (Å²) in [4.78, 5) is 12.1. The second-order valence-corrected chi connectivity index (χ2v) is 9.45. The molecule has 0 radical (unpaired) electrons. The first-order chi connectivity index (χ1) is 11.8. The highest BCUT2D eigenvalue weighted by atomic mass is 79.9. The lowest BCUT2D eigenvalue weighted by molar-refractivity contribution is 0.228. The summed E-state index contributed by atoms with van der Waals surface area (Å²) in [5.41, 5.74) is 1.02. The maximum absolute atomic E-state index is 12.1. The van der Waals surface area contributed by atoms with E-state index in [-0.39, 0.29) is 17.8 Å². The molecule has 0 spiro atoms. The smallest absolute Gasteiger partial charge is 0.315 e. The lowest BCUT2D eigenvalue weighted by Gasteiger charge is -2.31. The minimum Gasteiger partial charge on any atom is -0.338 e. The lowest BCUT2D eigenvalue weighted by atomic mass is 9.98. The van der Waals surface area contributed by atoms with Crippen LogP contribution in [0.4, 0.5) is 4.79 Å². The third-order valence-corrected chi connectivity index (χ3v) is 7.21. The van der Waals surface area contributed by atoms with Crippen molar-refractivity contribution < 1.29 is 13.2 Å². The Bertz CT molecular complexity index is 688. The van der Waals surface area contributed by atoms with Gasteiger partial charge in [-0.05, 0) is 44.2 Å². The Kier molecular flexibility index (Phi) is 7.27. The Labute approximate surface area is 158 Å². The second-order valence-electron chi connectivity index (χ2n) is 6.34. The monoisotopic (exact) mass is 431 g/mol. The molecule has 0 aromatic heterocycles. The first-order valence-electron chi connectivity index (χ1n) is 8.60. The van der Waals surface area contributed by atoms with Crippen LogP contribution in [0, 0.1) is 5.92 Å². The van der Waals surface area contributed by atoms with Crippen molar-refractivity contribution in [1.82, 2.24) is 14.9 Å². The Morgan fingerprint density at radius 1 is 1.32 bits per heavy atom. The number of amides is 2. The number of urea groups is 1. The first-order valence-corrected chi connectivity index (χ1v) is 11.0. The highest BCUT2D eigenvalue weighted by Gasteiger charge is 2.26. The maximum atomic E-state index is 12.1. The molecule has 1 aliphatic rings. The van der Waals surface area contributed by atoms with Gasteiger partial charge in [-0.3, -0.25) is 0 Å². The van der Waals surface area contributed by atoms with E-state index in [4.69, 9.17) is 0 Å². The number of carbonyl (C=O) groups excluding carboxylic acids is 1. The molecule has 1 saturated heterocycles. The number of hydrogen-bond donors (Lipinski definition) is 2. The minimum atomic E-state index is -3.10. The van der Waals surface area contributed by atoms with Crippen LogP contribution in [-0.4, -0.2) is 44.1 Å². The fourth-order valence-electron chi connectivity index (χ4n) is 2.96. The van der Waals surface area contributed by atoms with E-state index in [1.807, 2.05) is 31.2 Å². The van der Waals surface area contributed by atoms with Crippen LogP contribution in [0.5, 0.6) is 0 Å². The molecule has 25 heavy (non-hydrogen) atoms. The van der Waals surface area contributed by atoms with Crippen LogP contribution in [0.3, 0.4) is 0 Å². The lowest BCUT2D eigenvalue weighted by Crippen LogP contribution is -2.44. The van der Waals surface area contributed by atoms with Crippen LogP contribution in [0.2, 0.25) is 0 Å². The maximum Gasteiger partial charge on any atom is 0.315 e. The van der Waals surface area contributed by atoms with E-state index in [1.54, 1.807) is 11.2 Å². The highest BCUT2D eigenvalue weighted by molar-refractivity contribution is 9.10. The molecule has 0 bridgehead atoms. The van der Waals surface area contributed by atoms with E-state index in [2.05, 4.69) is 26.6 Å². The van der Waals surface area contributed by atoms with Crippen LogP contribution >= 0.6 is 15.9 Å². The van der Waals surface area contributed by atoms with Gasteiger partial charge in [-0.1, -0.05) is 34.1 Å². The molecule has 1 aromatic carbocycles. The number of hydrogen-bond acceptors (Lipinski definition) is 3. The van der Waals surface area contributed by atoms with Gasteiger partial charge in [-0.25, -0.2) is 17.5 Å². The largest absolute Gasteiger partial charge is 0.338 e. The molecule has 2 amide bonds. The molecule has 0 aliphatic carbocycles. The number of nitrogens with one attached hydrogen (secondary N) is 2. The van der Waals surface area contributed by atoms with Gasteiger partial charge in [0.1, 0.15) is 0 Å². The summed E-state index contributed by atoms with van der Waals surface area (Å²) in [5.74, 6) is 0.457. The summed E-state index contributed by atoms with van der Waals surface area (Å²) < 4.78 is 26.2. The van der Waals surface area contributed by atoms with Gasteiger partial charge in [0.2, 0.25) is 10.0 Å². The SMILES string of the molecule is CCS(=O)(=O)N1CCC(CNC(=O)NC(C)c2ccccc2Br)CC1. The fourth-order valence-corrected chi connectivity index (χ4v) is 4.72. The summed E-state index contributed by atoms with van der Waals surface area (Å²) in [6, 6.07) is 7.49. The van der Waals surface area contributed by atoms with Crippen molar-refractivity contribution in [3.05, 3.63) is 34.3 Å². The number of sulfonamides is 1. The van der Waals surface area contributed by atoms with Gasteiger partial charge in [-0.15, -0.1) is 0 Å². The van der Waals surface area contributed by atoms with E-state index in [9.17, 15) is 13.2 Å². The molecular weight excluding hydrogens is 406 g/mol. The zero-order valence-corrected chi connectivity index (χ0v) is 17.1. The molecule has 1 aliphatic heterocycles. The van der Waals surface area contributed by atoms with Crippen molar-refractivity contribution in [2.75, 3.05) is 25.4 Å². The molecule has 140 valence electrons. The van der Waals surface area contributed by atoms with Crippen LogP contribution in [0.25, 0.3) is 0 Å². The quantitative estimate of drug-likeness (QED) is 0.726. The molecule has 6 nitrogen and oxygen atoms in total. The zero-order chi connectivity index (χ0) is 18.4. The van der Waals surface area contributed by atoms with Crippen LogP contribution in [-0.2, 0) is 10.0 Å². The van der Waals surface area contributed by atoms with Crippen LogP contribution < -0.4 is 10.6 Å². The van der Waals surface area contributed by atoms with Crippen molar-refractivity contribution >= 4 is 32.0 Å². The number of piperidine rings is 1. The van der Waals surface area contributed by atoms with Gasteiger partial charge >= 0.3 is 6.03 Å². The zero-order valence-electron chi connectivity index (χ0n) is 14.7. The van der Waals surface area contributed by atoms with Gasteiger partial charge in [0.05, 0.1) is 11.8 Å². The summed E-state index contributed by atoms with van der Waals surface area (Å²) in [5, 5.41) is 5.84. The van der Waals surface area contributed by atoms with Gasteiger partial charge in [-0.2, -0.15) is 0 Å². The number of carbonyl (C=O) groups is 1. The predicted molar refractivity (Wildman–Crippen MR) is 103 cm³/mol. The second kappa shape index (κ2) is 9.00. The van der Waals surface area contributed by atoms with Crippen LogP contribution in [0.15, 0.2) is 28.7 Å². The molecule has 1 fully saturated rings. The number of benzene rings is 1. The molecular formula is C17H26BrN3O3S. The molecule has 2 N–H and O–H groups in total. The van der Waals surface area contributed by atoms with E-state index in [0.29, 0.717) is 25.6 Å². The van der Waals surface area contributed by atoms with Gasteiger partial charge in [0.25, 0.3) is 0 Å². The summed E-state index contributed by atoms with van der Waals surface area (Å²) >= 11 is 3.49. The Hall–Kier alpha value is -1.12. The third kappa shape index (κ3) is 5.69. The molecule has 1 atom stereocenters. The molecule has 2 rings (SSSR count). The standard InChI is InChI=1S/C17H26BrN3O3S/c1-3-25(23,24)21-10-8-14(9-11-21)12-19-17(22)20-13(2)15-6-4-5-7-16(15)18/h4-7,13-14H,3,8-12H2,1-2H3,(H2,19,20,22). The van der Waals surface area contributed by atoms with Crippen LogP contribution in [0.1, 0.15) is 38.3 Å². The summed E-state index contributed by atoms with van der Waals surface area (Å²) in [6.07, 6.45) is 1.55. The van der Waals surface area contributed by atoms with E-state index in [1.165, 1.54) is 0 Å². The van der Waals surface area contributed by atoms with Crippen molar-refractivity contribution in [2.45, 2.75) is 32.7 Å². The fraction of sp³-hybridized carbons (Fsp3) is 0.588. The number of nitrogens with zero attached hydrogens (tertiary/aromatic N) is 1. The first kappa shape index (κ1) is 20.2. The van der Waals surface area contributed by atoms with E-state index in [0.717, 1.165) is 22.9 Å². The average Bonchev–Trinajstić information content (AvgIpc) is 2.60. The van der Waals surface area contributed by atoms with Crippen molar-refractivity contribution in [3.8, 4) is 0 Å². The Morgan fingerprint density at radius 3 is 2.56 bits per heavy atom. The molecule has 1 aromatic rings. The van der Waals surface area contributed by atoms with Crippen molar-refractivity contribution in [3.63, 3.8) is 0 Å². The molecule has 0 saturated carbocycles. The Balaban J connectivity index is 1.75. The average molecular weight is 432 g/mol. The minimum absolute atomic E-state index is 0.105. The summed E-state index contributed by atoms with van der Waals surface area (Å²) in [7, 11) is -3.10. The van der Waals surface area contributed by atoms with Crippen molar-refractivity contribution in [2.24, 2.45) is 5.92 Å². The normalized spacial score (nSPS) is 17.9. The van der Waals surface area contributed by atoms with Gasteiger partial charge in [0, 0.05) is 24.1 Å². The molecule has 8 heteroatoms. The van der Waals surface area contributed by atoms with E-state index < -0.39 is 10.0 Å². The Morgan fingerprint density at radius 2 is 1.96 bits per heavy atom. The molecule has 1 heterocycles. The number of halogens is 1. The highest BCUT2D eigenvalue weighted by Crippen LogP contribution is 2.23. The van der Waals surface area contributed by atoms with Gasteiger partial charge < -0.3 is 10.6 Å². The number of rotatable bonds is 6. The van der Waals surface area contributed by atoms with Gasteiger partial charge in [0.15, 0.2) is 0 Å². The predicted octanol–water partition coefficient (Wildman–Crippen LogP) is 2.87. The molecule has 1 unspecified atom stereocenters. The summed E-state index contributed by atoms with van der Waals surface area (Å²) in [6.45, 7) is 5.25.